The number of carbonyl (C=O) groups is 1. The second kappa shape index (κ2) is 6.11. The van der Waals surface area contributed by atoms with Gasteiger partial charge in [0.1, 0.15) is 11.8 Å². The molecule has 1 fully saturated rings. The summed E-state index contributed by atoms with van der Waals surface area (Å²) < 4.78 is 6.92. The summed E-state index contributed by atoms with van der Waals surface area (Å²) in [5.41, 5.74) is 1.09. The van der Waals surface area contributed by atoms with E-state index in [0.717, 1.165) is 5.56 Å². The maximum absolute atomic E-state index is 12.5. The first-order chi connectivity index (χ1) is 10.6. The summed E-state index contributed by atoms with van der Waals surface area (Å²) in [5.74, 6) is -0.181. The van der Waals surface area contributed by atoms with E-state index in [1.165, 1.54) is 23.9 Å². The lowest BCUT2D eigenvalue weighted by Crippen LogP contribution is -2.43. The summed E-state index contributed by atoms with van der Waals surface area (Å²) in [6.07, 6.45) is -0.133. The highest BCUT2D eigenvalue weighted by atomic mass is 16.5. The van der Waals surface area contributed by atoms with Gasteiger partial charge < -0.3 is 9.64 Å². The monoisotopic (exact) mass is 299 g/mol. The molecule has 0 radical (unpaired) electrons. The predicted octanol–water partition coefficient (Wildman–Crippen LogP) is 0.994. The molecule has 1 aromatic heterocycles. The second-order valence-corrected chi connectivity index (χ2v) is 5.20. The molecule has 1 amide bonds. The van der Waals surface area contributed by atoms with Crippen LogP contribution in [0.1, 0.15) is 22.2 Å². The first-order valence-corrected chi connectivity index (χ1v) is 7.15. The summed E-state index contributed by atoms with van der Waals surface area (Å²) in [7, 11) is 1.53. The van der Waals surface area contributed by atoms with Crippen LogP contribution < -0.4 is 5.56 Å². The van der Waals surface area contributed by atoms with Gasteiger partial charge in [0.15, 0.2) is 0 Å². The van der Waals surface area contributed by atoms with Crippen LogP contribution in [-0.4, -0.2) is 40.3 Å². The van der Waals surface area contributed by atoms with E-state index in [1.54, 1.807) is 4.90 Å². The third-order valence-electron chi connectivity index (χ3n) is 3.70. The van der Waals surface area contributed by atoms with Gasteiger partial charge in [0, 0.05) is 19.7 Å². The molecule has 1 saturated heterocycles. The van der Waals surface area contributed by atoms with E-state index < -0.39 is 0 Å². The molecule has 3 rings (SSSR count). The van der Waals surface area contributed by atoms with Crippen LogP contribution in [0.2, 0.25) is 0 Å². The lowest BCUT2D eigenvalue weighted by atomic mass is 10.1. The number of morpholine rings is 1. The van der Waals surface area contributed by atoms with Gasteiger partial charge in [-0.1, -0.05) is 30.3 Å². The summed E-state index contributed by atoms with van der Waals surface area (Å²) >= 11 is 0. The fourth-order valence-corrected chi connectivity index (χ4v) is 2.48. The maximum Gasteiger partial charge on any atom is 0.274 e. The van der Waals surface area contributed by atoms with Crippen molar-refractivity contribution in [3.63, 3.8) is 0 Å². The number of hydrogen-bond acceptors (Lipinski definition) is 4. The van der Waals surface area contributed by atoms with E-state index in [9.17, 15) is 9.59 Å². The largest absolute Gasteiger partial charge is 0.370 e. The zero-order chi connectivity index (χ0) is 15.5. The molecule has 1 aliphatic heterocycles. The lowest BCUT2D eigenvalue weighted by molar-refractivity contribution is -0.0230. The van der Waals surface area contributed by atoms with Crippen molar-refractivity contribution in [1.29, 1.82) is 0 Å². The number of aromatic nitrogens is 2. The first-order valence-electron chi connectivity index (χ1n) is 7.15. The molecule has 114 valence electrons. The summed E-state index contributed by atoms with van der Waals surface area (Å²) in [6, 6.07) is 12.7. The van der Waals surface area contributed by atoms with Gasteiger partial charge in [-0.05, 0) is 11.6 Å². The Kier molecular flexibility index (Phi) is 4.02. The average Bonchev–Trinajstić information content (AvgIpc) is 2.57. The van der Waals surface area contributed by atoms with Crippen molar-refractivity contribution >= 4 is 5.91 Å². The Morgan fingerprint density at radius 3 is 2.73 bits per heavy atom. The predicted molar refractivity (Wildman–Crippen MR) is 80.5 cm³/mol. The van der Waals surface area contributed by atoms with Crippen LogP contribution in [0.3, 0.4) is 0 Å². The Morgan fingerprint density at radius 1 is 1.23 bits per heavy atom. The molecule has 0 bridgehead atoms. The van der Waals surface area contributed by atoms with Gasteiger partial charge in [-0.15, -0.1) is 0 Å². The Labute approximate surface area is 127 Å². The van der Waals surface area contributed by atoms with E-state index in [0.29, 0.717) is 19.7 Å². The number of aryl methyl sites for hydroxylation is 1. The molecule has 0 spiro atoms. The standard InChI is InChI=1S/C16H17N3O3/c1-18-15(20)8-7-13(17-18)16(21)19-9-10-22-14(11-19)12-5-3-2-4-6-12/h2-8,14H,9-11H2,1H3. The molecule has 2 heterocycles. The van der Waals surface area contributed by atoms with Crippen molar-refractivity contribution in [1.82, 2.24) is 14.7 Å². The molecule has 2 aromatic rings. The quantitative estimate of drug-likeness (QED) is 0.829. The molecule has 0 aliphatic carbocycles. The highest BCUT2D eigenvalue weighted by Crippen LogP contribution is 2.22. The number of rotatable bonds is 2. The van der Waals surface area contributed by atoms with Gasteiger partial charge in [-0.2, -0.15) is 5.10 Å². The summed E-state index contributed by atoms with van der Waals surface area (Å²) in [6.45, 7) is 1.48. The molecule has 6 heteroatoms. The highest BCUT2D eigenvalue weighted by molar-refractivity contribution is 5.92. The second-order valence-electron chi connectivity index (χ2n) is 5.20. The van der Waals surface area contributed by atoms with E-state index in [2.05, 4.69) is 5.10 Å². The van der Waals surface area contributed by atoms with E-state index in [1.807, 2.05) is 30.3 Å². The fourth-order valence-electron chi connectivity index (χ4n) is 2.48. The van der Waals surface area contributed by atoms with Crippen molar-refractivity contribution in [2.75, 3.05) is 19.7 Å². The Morgan fingerprint density at radius 2 is 2.00 bits per heavy atom. The molecule has 0 saturated carbocycles. The van der Waals surface area contributed by atoms with Crippen molar-refractivity contribution in [3.8, 4) is 0 Å². The number of ether oxygens (including phenoxy) is 1. The Bertz CT molecular complexity index is 727. The fraction of sp³-hybridized carbons (Fsp3) is 0.312. The number of nitrogens with zero attached hydrogens (tertiary/aromatic N) is 3. The van der Waals surface area contributed by atoms with Crippen molar-refractivity contribution in [3.05, 3.63) is 64.1 Å². The van der Waals surface area contributed by atoms with E-state index >= 15 is 0 Å². The SMILES string of the molecule is Cn1nc(C(=O)N2CCOC(c3ccccc3)C2)ccc1=O. The topological polar surface area (TPSA) is 64.4 Å². The molecule has 1 atom stereocenters. The van der Waals surface area contributed by atoms with Gasteiger partial charge in [-0.25, -0.2) is 4.68 Å². The van der Waals surface area contributed by atoms with Gasteiger partial charge in [0.2, 0.25) is 0 Å². The molecule has 1 aliphatic rings. The third-order valence-corrected chi connectivity index (χ3v) is 3.70. The minimum Gasteiger partial charge on any atom is -0.370 e. The average molecular weight is 299 g/mol. The Balaban J connectivity index is 1.78. The molecule has 0 N–H and O–H groups in total. The van der Waals surface area contributed by atoms with E-state index in [-0.39, 0.29) is 23.3 Å². The van der Waals surface area contributed by atoms with E-state index in [4.69, 9.17) is 4.74 Å². The highest BCUT2D eigenvalue weighted by Gasteiger charge is 2.26. The van der Waals surface area contributed by atoms with Crippen molar-refractivity contribution in [2.45, 2.75) is 6.10 Å². The van der Waals surface area contributed by atoms with Crippen LogP contribution in [0.4, 0.5) is 0 Å². The van der Waals surface area contributed by atoms with Crippen LogP contribution >= 0.6 is 0 Å². The van der Waals surface area contributed by atoms with Crippen LogP contribution in [-0.2, 0) is 11.8 Å². The smallest absolute Gasteiger partial charge is 0.274 e. The lowest BCUT2D eigenvalue weighted by Gasteiger charge is -2.33. The van der Waals surface area contributed by atoms with Gasteiger partial charge in [0.05, 0.1) is 13.2 Å². The third kappa shape index (κ3) is 2.92. The van der Waals surface area contributed by atoms with Gasteiger partial charge in [0.25, 0.3) is 11.5 Å². The summed E-state index contributed by atoms with van der Waals surface area (Å²) in [5, 5.41) is 4.02. The molecule has 1 unspecified atom stereocenters. The molecular weight excluding hydrogens is 282 g/mol. The van der Waals surface area contributed by atoms with Crippen LogP contribution in [0, 0.1) is 0 Å². The number of benzene rings is 1. The maximum atomic E-state index is 12.5. The minimum atomic E-state index is -0.235. The zero-order valence-electron chi connectivity index (χ0n) is 12.3. The number of hydrogen-bond donors (Lipinski definition) is 0. The van der Waals surface area contributed by atoms with Crippen LogP contribution in [0.25, 0.3) is 0 Å². The summed E-state index contributed by atoms with van der Waals surface area (Å²) in [4.78, 5) is 25.6. The molecule has 22 heavy (non-hydrogen) atoms. The van der Waals surface area contributed by atoms with Gasteiger partial charge >= 0.3 is 0 Å². The zero-order valence-corrected chi connectivity index (χ0v) is 12.3. The number of carbonyl (C=O) groups excluding carboxylic acids is 1. The minimum absolute atomic E-state index is 0.133. The molecular formula is C16H17N3O3. The molecule has 6 nitrogen and oxygen atoms in total. The molecule has 1 aromatic carbocycles. The van der Waals surface area contributed by atoms with Crippen LogP contribution in [0.5, 0.6) is 0 Å². The van der Waals surface area contributed by atoms with Crippen molar-refractivity contribution < 1.29 is 9.53 Å². The normalized spacial score (nSPS) is 18.2. The van der Waals surface area contributed by atoms with Crippen molar-refractivity contribution in [2.24, 2.45) is 7.05 Å². The number of amides is 1. The Hall–Kier alpha value is -2.47. The van der Waals surface area contributed by atoms with Crippen LogP contribution in [0.15, 0.2) is 47.3 Å². The van der Waals surface area contributed by atoms with Gasteiger partial charge in [-0.3, -0.25) is 9.59 Å². The first kappa shape index (κ1) is 14.5.